The maximum absolute atomic E-state index is 11.9. The zero-order valence-corrected chi connectivity index (χ0v) is 9.47. The van der Waals surface area contributed by atoms with E-state index in [4.69, 9.17) is 0 Å². The van der Waals surface area contributed by atoms with Gasteiger partial charge in [0.2, 0.25) is 0 Å². The zero-order chi connectivity index (χ0) is 12.4. The Bertz CT molecular complexity index is 671. The lowest BCUT2D eigenvalue weighted by Crippen LogP contribution is -2.23. The number of imidazole rings is 1. The third-order valence-electron chi connectivity index (χ3n) is 2.67. The van der Waals surface area contributed by atoms with Crippen molar-refractivity contribution in [2.45, 2.75) is 6.54 Å². The Morgan fingerprint density at radius 3 is 3.17 bits per heavy atom. The van der Waals surface area contributed by atoms with E-state index < -0.39 is 0 Å². The van der Waals surface area contributed by atoms with Gasteiger partial charge in [-0.25, -0.2) is 4.98 Å². The summed E-state index contributed by atoms with van der Waals surface area (Å²) in [6, 6.07) is 5.40. The molecule has 0 aliphatic rings. The lowest BCUT2D eigenvalue weighted by atomic mass is 10.1. The fourth-order valence-electron chi connectivity index (χ4n) is 1.74. The molecular formula is C12H11N5O. The van der Waals surface area contributed by atoms with E-state index in [1.54, 1.807) is 30.7 Å². The highest BCUT2D eigenvalue weighted by Crippen LogP contribution is 2.12. The first-order valence-electron chi connectivity index (χ1n) is 5.52. The minimum absolute atomic E-state index is 0.130. The molecule has 1 amide bonds. The van der Waals surface area contributed by atoms with Crippen LogP contribution in [-0.4, -0.2) is 26.1 Å². The van der Waals surface area contributed by atoms with Crippen LogP contribution < -0.4 is 5.32 Å². The number of hydrogen-bond donors (Lipinski definition) is 3. The maximum atomic E-state index is 11.9. The molecule has 3 rings (SSSR count). The van der Waals surface area contributed by atoms with Crippen LogP contribution in [0.3, 0.4) is 0 Å². The van der Waals surface area contributed by atoms with Crippen molar-refractivity contribution in [3.8, 4) is 0 Å². The monoisotopic (exact) mass is 241 g/mol. The Hall–Kier alpha value is -2.63. The molecule has 0 saturated heterocycles. The van der Waals surface area contributed by atoms with Crippen molar-refractivity contribution in [1.82, 2.24) is 25.5 Å². The third-order valence-corrected chi connectivity index (χ3v) is 2.67. The molecule has 0 radical (unpaired) electrons. The van der Waals surface area contributed by atoms with Gasteiger partial charge in [-0.3, -0.25) is 9.89 Å². The van der Waals surface area contributed by atoms with Gasteiger partial charge in [-0.2, -0.15) is 5.10 Å². The third kappa shape index (κ3) is 1.95. The highest BCUT2D eigenvalue weighted by molar-refractivity contribution is 5.97. The standard InChI is InChI=1S/C12H11N5O/c18-12(15-7-11-13-3-4-14-11)8-1-2-10-9(5-8)6-16-17-10/h1-6H,7H2,(H,13,14)(H,15,18)(H,16,17). The van der Waals surface area contributed by atoms with Crippen molar-refractivity contribution in [1.29, 1.82) is 0 Å². The molecule has 6 nitrogen and oxygen atoms in total. The van der Waals surface area contributed by atoms with Gasteiger partial charge in [0.05, 0.1) is 18.3 Å². The Morgan fingerprint density at radius 1 is 1.39 bits per heavy atom. The number of fused-ring (bicyclic) bond motifs is 1. The van der Waals surface area contributed by atoms with Gasteiger partial charge in [0.15, 0.2) is 0 Å². The van der Waals surface area contributed by atoms with Crippen LogP contribution in [0.15, 0.2) is 36.8 Å². The molecule has 0 saturated carbocycles. The highest BCUT2D eigenvalue weighted by atomic mass is 16.1. The summed E-state index contributed by atoms with van der Waals surface area (Å²) in [4.78, 5) is 18.9. The molecule has 1 aromatic carbocycles. The largest absolute Gasteiger partial charge is 0.347 e. The molecule has 0 aliphatic heterocycles. The number of rotatable bonds is 3. The van der Waals surface area contributed by atoms with E-state index >= 15 is 0 Å². The molecule has 2 aromatic heterocycles. The lowest BCUT2D eigenvalue weighted by molar-refractivity contribution is 0.0950. The predicted molar refractivity (Wildman–Crippen MR) is 65.9 cm³/mol. The Labute approximate surface area is 102 Å². The van der Waals surface area contributed by atoms with Gasteiger partial charge in [0.1, 0.15) is 5.82 Å². The van der Waals surface area contributed by atoms with Gasteiger partial charge >= 0.3 is 0 Å². The van der Waals surface area contributed by atoms with Crippen molar-refractivity contribution < 1.29 is 4.79 Å². The SMILES string of the molecule is O=C(NCc1ncc[nH]1)c1ccc2[nH]ncc2c1. The second kappa shape index (κ2) is 4.33. The molecule has 0 fully saturated rings. The number of aromatic amines is 2. The highest BCUT2D eigenvalue weighted by Gasteiger charge is 2.07. The number of amides is 1. The van der Waals surface area contributed by atoms with Crippen molar-refractivity contribution >= 4 is 16.8 Å². The smallest absolute Gasteiger partial charge is 0.251 e. The number of aromatic nitrogens is 4. The van der Waals surface area contributed by atoms with Crippen molar-refractivity contribution in [3.05, 3.63) is 48.2 Å². The van der Waals surface area contributed by atoms with Gasteiger partial charge in [-0.05, 0) is 18.2 Å². The Balaban J connectivity index is 1.75. The fourth-order valence-corrected chi connectivity index (χ4v) is 1.74. The molecule has 3 aromatic rings. The predicted octanol–water partition coefficient (Wildman–Crippen LogP) is 1.22. The lowest BCUT2D eigenvalue weighted by Gasteiger charge is -2.03. The summed E-state index contributed by atoms with van der Waals surface area (Å²) in [7, 11) is 0. The van der Waals surface area contributed by atoms with Crippen LogP contribution >= 0.6 is 0 Å². The number of nitrogens with zero attached hydrogens (tertiary/aromatic N) is 2. The zero-order valence-electron chi connectivity index (χ0n) is 9.47. The van der Waals surface area contributed by atoms with E-state index in [9.17, 15) is 4.79 Å². The van der Waals surface area contributed by atoms with E-state index in [0.717, 1.165) is 16.7 Å². The quantitative estimate of drug-likeness (QED) is 0.644. The van der Waals surface area contributed by atoms with Gasteiger partial charge in [-0.1, -0.05) is 0 Å². The van der Waals surface area contributed by atoms with E-state index in [2.05, 4.69) is 25.5 Å². The second-order valence-corrected chi connectivity index (χ2v) is 3.89. The molecule has 0 aliphatic carbocycles. The molecular weight excluding hydrogens is 230 g/mol. The van der Waals surface area contributed by atoms with E-state index in [1.807, 2.05) is 6.07 Å². The summed E-state index contributed by atoms with van der Waals surface area (Å²) in [5, 5.41) is 10.5. The molecule has 2 heterocycles. The maximum Gasteiger partial charge on any atom is 0.251 e. The number of carbonyl (C=O) groups is 1. The Kier molecular flexibility index (Phi) is 2.53. The first-order valence-corrected chi connectivity index (χ1v) is 5.52. The molecule has 18 heavy (non-hydrogen) atoms. The van der Waals surface area contributed by atoms with Crippen LogP contribution in [0.5, 0.6) is 0 Å². The molecule has 90 valence electrons. The topological polar surface area (TPSA) is 86.5 Å². The minimum atomic E-state index is -0.130. The summed E-state index contributed by atoms with van der Waals surface area (Å²) < 4.78 is 0. The van der Waals surface area contributed by atoms with Crippen molar-refractivity contribution in [2.24, 2.45) is 0 Å². The van der Waals surface area contributed by atoms with Gasteiger partial charge in [-0.15, -0.1) is 0 Å². The second-order valence-electron chi connectivity index (χ2n) is 3.89. The summed E-state index contributed by atoms with van der Waals surface area (Å²) in [6.45, 7) is 0.384. The average molecular weight is 241 g/mol. The van der Waals surface area contributed by atoms with Crippen LogP contribution in [0.1, 0.15) is 16.2 Å². The van der Waals surface area contributed by atoms with Gasteiger partial charge in [0.25, 0.3) is 5.91 Å². The number of hydrogen-bond acceptors (Lipinski definition) is 3. The summed E-state index contributed by atoms with van der Waals surface area (Å²) in [5.74, 6) is 0.599. The Morgan fingerprint density at radius 2 is 2.33 bits per heavy atom. The van der Waals surface area contributed by atoms with E-state index in [0.29, 0.717) is 12.1 Å². The first kappa shape index (κ1) is 10.5. The van der Waals surface area contributed by atoms with E-state index in [1.165, 1.54) is 0 Å². The van der Waals surface area contributed by atoms with Crippen LogP contribution in [0.2, 0.25) is 0 Å². The number of benzene rings is 1. The first-order chi connectivity index (χ1) is 8.83. The van der Waals surface area contributed by atoms with E-state index in [-0.39, 0.29) is 5.91 Å². The molecule has 0 unspecified atom stereocenters. The summed E-state index contributed by atoms with van der Waals surface area (Å²) >= 11 is 0. The van der Waals surface area contributed by atoms with Crippen molar-refractivity contribution in [2.75, 3.05) is 0 Å². The summed E-state index contributed by atoms with van der Waals surface area (Å²) in [5.41, 5.74) is 1.52. The number of carbonyl (C=O) groups excluding carboxylic acids is 1. The minimum Gasteiger partial charge on any atom is -0.347 e. The molecule has 0 spiro atoms. The van der Waals surface area contributed by atoms with Crippen molar-refractivity contribution in [3.63, 3.8) is 0 Å². The average Bonchev–Trinajstić information content (AvgIpc) is 3.05. The fraction of sp³-hybridized carbons (Fsp3) is 0.0833. The van der Waals surface area contributed by atoms with Crippen LogP contribution in [0, 0.1) is 0 Å². The molecule has 3 N–H and O–H groups in total. The molecule has 6 heteroatoms. The number of nitrogens with one attached hydrogen (secondary N) is 3. The van der Waals surface area contributed by atoms with Crippen LogP contribution in [0.4, 0.5) is 0 Å². The summed E-state index contributed by atoms with van der Waals surface area (Å²) in [6.07, 6.45) is 5.07. The molecule has 0 bridgehead atoms. The molecule has 0 atom stereocenters. The van der Waals surface area contributed by atoms with Crippen LogP contribution in [0.25, 0.3) is 10.9 Å². The normalized spacial score (nSPS) is 10.7. The van der Waals surface area contributed by atoms with Gasteiger partial charge < -0.3 is 10.3 Å². The van der Waals surface area contributed by atoms with Gasteiger partial charge in [0, 0.05) is 23.3 Å². The van der Waals surface area contributed by atoms with Crippen LogP contribution in [-0.2, 0) is 6.54 Å². The number of H-pyrrole nitrogens is 2.